The molecule has 0 bridgehead atoms. The fraction of sp³-hybridized carbons (Fsp3) is 0.286. The summed E-state index contributed by atoms with van der Waals surface area (Å²) in [4.78, 5) is 12.1. The Morgan fingerprint density at radius 3 is 2.65 bits per heavy atom. The van der Waals surface area contributed by atoms with Crippen LogP contribution in [0.3, 0.4) is 0 Å². The number of fused-ring (bicyclic) bond motifs is 1. The van der Waals surface area contributed by atoms with Gasteiger partial charge in [-0.25, -0.2) is 0 Å². The molecule has 1 amide bonds. The first kappa shape index (κ1) is 17.9. The van der Waals surface area contributed by atoms with Crippen molar-refractivity contribution in [2.24, 2.45) is 0 Å². The maximum Gasteiger partial charge on any atom is 0.220 e. The molecule has 26 heavy (non-hydrogen) atoms. The van der Waals surface area contributed by atoms with Gasteiger partial charge in [-0.05, 0) is 42.2 Å². The van der Waals surface area contributed by atoms with E-state index in [0.29, 0.717) is 30.9 Å². The Labute approximate surface area is 152 Å². The molecule has 3 rings (SSSR count). The molecule has 5 heteroatoms. The van der Waals surface area contributed by atoms with Crippen molar-refractivity contribution >= 4 is 16.9 Å². The van der Waals surface area contributed by atoms with Gasteiger partial charge in [-0.1, -0.05) is 24.3 Å². The smallest absolute Gasteiger partial charge is 0.220 e. The van der Waals surface area contributed by atoms with Crippen LogP contribution in [0.25, 0.3) is 11.0 Å². The molecule has 3 aromatic rings. The van der Waals surface area contributed by atoms with Crippen LogP contribution in [-0.2, 0) is 17.6 Å². The second-order valence-corrected chi connectivity index (χ2v) is 6.05. The van der Waals surface area contributed by atoms with E-state index in [1.807, 2.05) is 42.5 Å². The predicted molar refractivity (Wildman–Crippen MR) is 101 cm³/mol. The third-order valence-electron chi connectivity index (χ3n) is 4.37. The van der Waals surface area contributed by atoms with Crippen LogP contribution in [0.5, 0.6) is 11.5 Å². The summed E-state index contributed by atoms with van der Waals surface area (Å²) in [5.41, 5.74) is 3.03. The molecule has 0 aliphatic carbocycles. The number of aryl methyl sites for hydroxylation is 1. The Balaban J connectivity index is 1.47. The third kappa shape index (κ3) is 4.17. The van der Waals surface area contributed by atoms with Crippen LogP contribution in [0.2, 0.25) is 0 Å². The van der Waals surface area contributed by atoms with Gasteiger partial charge in [0.05, 0.1) is 20.5 Å². The maximum atomic E-state index is 12.1. The number of para-hydroxylation sites is 1. The normalized spacial score (nSPS) is 10.7. The Kier molecular flexibility index (Phi) is 5.79. The van der Waals surface area contributed by atoms with E-state index in [4.69, 9.17) is 13.9 Å². The van der Waals surface area contributed by atoms with E-state index in [0.717, 1.165) is 28.5 Å². The molecule has 136 valence electrons. The van der Waals surface area contributed by atoms with E-state index in [9.17, 15) is 4.79 Å². The number of hydrogen-bond donors (Lipinski definition) is 1. The average molecular weight is 353 g/mol. The third-order valence-corrected chi connectivity index (χ3v) is 4.37. The second kappa shape index (κ2) is 8.43. The second-order valence-electron chi connectivity index (χ2n) is 6.05. The largest absolute Gasteiger partial charge is 0.493 e. The first-order valence-electron chi connectivity index (χ1n) is 8.64. The van der Waals surface area contributed by atoms with E-state index < -0.39 is 0 Å². The van der Waals surface area contributed by atoms with E-state index in [1.165, 1.54) is 0 Å². The fourth-order valence-corrected chi connectivity index (χ4v) is 2.95. The molecule has 0 saturated carbocycles. The van der Waals surface area contributed by atoms with Gasteiger partial charge in [0.2, 0.25) is 5.91 Å². The summed E-state index contributed by atoms with van der Waals surface area (Å²) in [7, 11) is 3.21. The van der Waals surface area contributed by atoms with Gasteiger partial charge < -0.3 is 19.2 Å². The first-order chi connectivity index (χ1) is 12.7. The number of amides is 1. The highest BCUT2D eigenvalue weighted by molar-refractivity contribution is 5.81. The van der Waals surface area contributed by atoms with Crippen molar-refractivity contribution in [3.05, 3.63) is 59.9 Å². The Morgan fingerprint density at radius 1 is 1.04 bits per heavy atom. The zero-order valence-corrected chi connectivity index (χ0v) is 15.1. The van der Waals surface area contributed by atoms with Crippen molar-refractivity contribution in [2.75, 3.05) is 20.8 Å². The van der Waals surface area contributed by atoms with Gasteiger partial charge in [0, 0.05) is 18.4 Å². The van der Waals surface area contributed by atoms with Crippen LogP contribution in [0.1, 0.15) is 17.5 Å². The molecule has 0 unspecified atom stereocenters. The fourth-order valence-electron chi connectivity index (χ4n) is 2.95. The lowest BCUT2D eigenvalue weighted by Gasteiger charge is -2.09. The molecule has 1 N–H and O–H groups in total. The lowest BCUT2D eigenvalue weighted by Crippen LogP contribution is -2.25. The SMILES string of the molecule is COc1ccc(CCC(=O)NCCc2coc3ccccc23)cc1OC. The summed E-state index contributed by atoms with van der Waals surface area (Å²) in [6.45, 7) is 0.592. The molecular formula is C21H23NO4. The van der Waals surface area contributed by atoms with Crippen molar-refractivity contribution in [1.82, 2.24) is 5.32 Å². The van der Waals surface area contributed by atoms with E-state index >= 15 is 0 Å². The van der Waals surface area contributed by atoms with Crippen molar-refractivity contribution in [1.29, 1.82) is 0 Å². The summed E-state index contributed by atoms with van der Waals surface area (Å²) < 4.78 is 16.0. The van der Waals surface area contributed by atoms with Gasteiger partial charge in [0.15, 0.2) is 11.5 Å². The van der Waals surface area contributed by atoms with Crippen LogP contribution in [-0.4, -0.2) is 26.7 Å². The number of carbonyl (C=O) groups excluding carboxylic acids is 1. The minimum absolute atomic E-state index is 0.0348. The highest BCUT2D eigenvalue weighted by Gasteiger charge is 2.08. The van der Waals surface area contributed by atoms with Crippen molar-refractivity contribution in [2.45, 2.75) is 19.3 Å². The predicted octanol–water partition coefficient (Wildman–Crippen LogP) is 3.74. The molecule has 1 heterocycles. The lowest BCUT2D eigenvalue weighted by molar-refractivity contribution is -0.121. The molecule has 2 aromatic carbocycles. The molecule has 0 aliphatic rings. The summed E-state index contributed by atoms with van der Waals surface area (Å²) >= 11 is 0. The van der Waals surface area contributed by atoms with Crippen molar-refractivity contribution in [3.63, 3.8) is 0 Å². The van der Waals surface area contributed by atoms with Gasteiger partial charge in [-0.2, -0.15) is 0 Å². The molecule has 0 spiro atoms. The van der Waals surface area contributed by atoms with E-state index in [-0.39, 0.29) is 5.91 Å². The van der Waals surface area contributed by atoms with Gasteiger partial charge in [0.1, 0.15) is 5.58 Å². The quantitative estimate of drug-likeness (QED) is 0.670. The number of ether oxygens (including phenoxy) is 2. The molecule has 0 atom stereocenters. The van der Waals surface area contributed by atoms with Crippen LogP contribution < -0.4 is 14.8 Å². The van der Waals surface area contributed by atoms with Gasteiger partial charge in [0.25, 0.3) is 0 Å². The lowest BCUT2D eigenvalue weighted by atomic mass is 10.1. The van der Waals surface area contributed by atoms with Crippen molar-refractivity contribution in [3.8, 4) is 11.5 Å². The molecule has 0 radical (unpaired) electrons. The highest BCUT2D eigenvalue weighted by Crippen LogP contribution is 2.28. The minimum Gasteiger partial charge on any atom is -0.493 e. The summed E-state index contributed by atoms with van der Waals surface area (Å²) in [6, 6.07) is 13.6. The average Bonchev–Trinajstić information content (AvgIpc) is 3.09. The number of furan rings is 1. The number of rotatable bonds is 8. The minimum atomic E-state index is 0.0348. The van der Waals surface area contributed by atoms with Crippen LogP contribution in [0, 0.1) is 0 Å². The van der Waals surface area contributed by atoms with Gasteiger partial charge in [-0.15, -0.1) is 0 Å². The molecule has 0 saturated heterocycles. The van der Waals surface area contributed by atoms with Gasteiger partial charge in [-0.3, -0.25) is 4.79 Å². The van der Waals surface area contributed by atoms with Crippen LogP contribution in [0.4, 0.5) is 0 Å². The monoisotopic (exact) mass is 353 g/mol. The Bertz CT molecular complexity index is 885. The van der Waals surface area contributed by atoms with E-state index in [1.54, 1.807) is 20.5 Å². The number of nitrogens with one attached hydrogen (secondary N) is 1. The van der Waals surface area contributed by atoms with E-state index in [2.05, 4.69) is 5.32 Å². The van der Waals surface area contributed by atoms with Crippen LogP contribution >= 0.6 is 0 Å². The standard InChI is InChI=1S/C21H23NO4/c1-24-19-9-7-15(13-20(19)25-2)8-10-21(23)22-12-11-16-14-26-18-6-4-3-5-17(16)18/h3-7,9,13-14H,8,10-12H2,1-2H3,(H,22,23). The summed E-state index contributed by atoms with van der Waals surface area (Å²) in [6.07, 6.45) is 3.60. The van der Waals surface area contributed by atoms with Crippen molar-refractivity contribution < 1.29 is 18.7 Å². The van der Waals surface area contributed by atoms with Gasteiger partial charge >= 0.3 is 0 Å². The topological polar surface area (TPSA) is 60.7 Å². The Hall–Kier alpha value is -2.95. The van der Waals surface area contributed by atoms with Crippen LogP contribution in [0.15, 0.2) is 53.1 Å². The molecule has 5 nitrogen and oxygen atoms in total. The molecule has 1 aromatic heterocycles. The molecule has 0 aliphatic heterocycles. The highest BCUT2D eigenvalue weighted by atomic mass is 16.5. The maximum absolute atomic E-state index is 12.1. The number of carbonyl (C=O) groups is 1. The molecule has 0 fully saturated rings. The number of benzene rings is 2. The summed E-state index contributed by atoms with van der Waals surface area (Å²) in [5, 5.41) is 4.07. The first-order valence-corrected chi connectivity index (χ1v) is 8.64. The molecular weight excluding hydrogens is 330 g/mol. The zero-order valence-electron chi connectivity index (χ0n) is 15.1. The zero-order chi connectivity index (χ0) is 18.4. The Morgan fingerprint density at radius 2 is 1.85 bits per heavy atom. The number of methoxy groups -OCH3 is 2. The summed E-state index contributed by atoms with van der Waals surface area (Å²) in [5.74, 6) is 1.40. The number of hydrogen-bond acceptors (Lipinski definition) is 4.